The topological polar surface area (TPSA) is 50.3 Å². The predicted octanol–water partition coefficient (Wildman–Crippen LogP) is 4.08. The van der Waals surface area contributed by atoms with E-state index in [-0.39, 0.29) is 4.90 Å². The molecule has 1 heterocycles. The lowest BCUT2D eigenvalue weighted by atomic mass is 10.2. The predicted molar refractivity (Wildman–Crippen MR) is 87.4 cm³/mol. The smallest absolute Gasteiger partial charge is 0.241 e. The molecule has 0 amide bonds. The van der Waals surface area contributed by atoms with Gasteiger partial charge in [-0.05, 0) is 32.9 Å². The van der Waals surface area contributed by atoms with Gasteiger partial charge in [0.25, 0.3) is 0 Å². The van der Waals surface area contributed by atoms with E-state index in [0.29, 0.717) is 14.9 Å². The van der Waals surface area contributed by atoms with Crippen LogP contribution >= 0.6 is 11.3 Å². The number of aryl methyl sites for hydroxylation is 1. The maximum Gasteiger partial charge on any atom is 0.402 e. The normalized spacial score (nSPS) is 13.0. The van der Waals surface area contributed by atoms with Crippen LogP contribution in [0.5, 0.6) is 0 Å². The lowest BCUT2D eigenvalue weighted by molar-refractivity contribution is -0.138. The van der Waals surface area contributed by atoms with E-state index < -0.39 is 28.8 Å². The van der Waals surface area contributed by atoms with Crippen LogP contribution in [0.1, 0.15) is 19.5 Å². The van der Waals surface area contributed by atoms with E-state index in [9.17, 15) is 21.6 Å². The van der Waals surface area contributed by atoms with Gasteiger partial charge < -0.3 is 0 Å². The van der Waals surface area contributed by atoms with Crippen LogP contribution in [-0.2, 0) is 10.0 Å². The van der Waals surface area contributed by atoms with Gasteiger partial charge in [0.1, 0.15) is 11.6 Å². The lowest BCUT2D eigenvalue weighted by Gasteiger charge is -2.27. The van der Waals surface area contributed by atoms with Crippen molar-refractivity contribution in [1.29, 1.82) is 0 Å². The molecule has 0 saturated carbocycles. The van der Waals surface area contributed by atoms with Crippen molar-refractivity contribution >= 4 is 21.4 Å². The third-order valence-corrected chi connectivity index (χ3v) is 6.24. The molecule has 0 radical (unpaired) electrons. The Hall–Kier alpha value is -1.45. The average Bonchev–Trinajstić information content (AvgIpc) is 2.90. The second-order valence-corrected chi connectivity index (χ2v) is 8.33. The summed E-state index contributed by atoms with van der Waals surface area (Å²) in [5, 5.41) is 2.44. The Bertz CT molecular complexity index is 814. The highest BCUT2D eigenvalue weighted by Gasteiger charge is 2.38. The van der Waals surface area contributed by atoms with Crippen molar-refractivity contribution in [2.45, 2.75) is 37.9 Å². The van der Waals surface area contributed by atoms with E-state index in [1.54, 1.807) is 6.07 Å². The average molecular weight is 378 g/mol. The summed E-state index contributed by atoms with van der Waals surface area (Å²) >= 11 is 1.35. The minimum absolute atomic E-state index is 0.175. The van der Waals surface area contributed by atoms with Crippen molar-refractivity contribution in [3.8, 4) is 10.6 Å². The Labute approximate surface area is 143 Å². The molecule has 0 unspecified atom stereocenters. The van der Waals surface area contributed by atoms with Crippen LogP contribution in [-0.4, -0.2) is 36.5 Å². The first kappa shape index (κ1) is 18.9. The number of alkyl halides is 3. The summed E-state index contributed by atoms with van der Waals surface area (Å²) < 4.78 is 64.0. The van der Waals surface area contributed by atoms with E-state index in [1.807, 2.05) is 12.3 Å². The van der Waals surface area contributed by atoms with Crippen molar-refractivity contribution in [2.75, 3.05) is 6.54 Å². The van der Waals surface area contributed by atoms with Gasteiger partial charge in [0.05, 0.1) is 4.90 Å². The molecule has 0 aliphatic heterocycles. The van der Waals surface area contributed by atoms with Gasteiger partial charge in [0.2, 0.25) is 10.0 Å². The quantitative estimate of drug-likeness (QED) is 0.788. The fraction of sp³-hybridized carbons (Fsp3) is 0.400. The first-order chi connectivity index (χ1) is 11.0. The molecule has 1 aromatic carbocycles. The van der Waals surface area contributed by atoms with Crippen LogP contribution in [0.25, 0.3) is 10.6 Å². The number of sulfonamides is 1. The number of nitrogens with zero attached hydrogens (tertiary/aromatic N) is 2. The molecule has 0 atom stereocenters. The highest BCUT2D eigenvalue weighted by atomic mass is 32.2. The Balaban J connectivity index is 2.44. The number of hydrogen-bond acceptors (Lipinski definition) is 4. The van der Waals surface area contributed by atoms with Crippen LogP contribution in [0.4, 0.5) is 13.2 Å². The van der Waals surface area contributed by atoms with Gasteiger partial charge >= 0.3 is 6.18 Å². The third-order valence-electron chi connectivity index (χ3n) is 3.22. The molecule has 9 heteroatoms. The Morgan fingerprint density at radius 3 is 2.46 bits per heavy atom. The molecule has 1 aromatic heterocycles. The lowest BCUT2D eigenvalue weighted by Crippen LogP contribution is -2.43. The molecule has 2 aromatic rings. The maximum atomic E-state index is 12.7. The zero-order chi connectivity index (χ0) is 18.1. The summed E-state index contributed by atoms with van der Waals surface area (Å²) in [5.41, 5.74) is 1.36. The van der Waals surface area contributed by atoms with Crippen LogP contribution in [0.2, 0.25) is 0 Å². The largest absolute Gasteiger partial charge is 0.402 e. The van der Waals surface area contributed by atoms with Crippen LogP contribution < -0.4 is 0 Å². The summed E-state index contributed by atoms with van der Waals surface area (Å²) in [6.45, 7) is 3.12. The molecule has 0 bridgehead atoms. The highest BCUT2D eigenvalue weighted by Crippen LogP contribution is 2.29. The van der Waals surface area contributed by atoms with Crippen LogP contribution in [0, 0.1) is 6.92 Å². The SMILES string of the molecule is Cc1csc(-c2cccc(S(=O)(=O)N(CC(F)(F)F)C(C)C)c2)n1. The minimum atomic E-state index is -4.61. The molecule has 4 nitrogen and oxygen atoms in total. The molecule has 0 aliphatic carbocycles. The molecule has 2 rings (SSSR count). The second kappa shape index (κ2) is 6.81. The zero-order valence-electron chi connectivity index (χ0n) is 13.3. The third kappa shape index (κ3) is 4.34. The van der Waals surface area contributed by atoms with Crippen molar-refractivity contribution in [3.05, 3.63) is 35.3 Å². The van der Waals surface area contributed by atoms with Crippen LogP contribution in [0.3, 0.4) is 0 Å². The molecular weight excluding hydrogens is 361 g/mol. The molecule has 132 valence electrons. The number of halogens is 3. The van der Waals surface area contributed by atoms with E-state index in [2.05, 4.69) is 4.98 Å². The standard InChI is InChI=1S/C15H17F3N2O2S2/c1-10(2)20(9-15(16,17)18)24(21,22)13-6-4-5-12(7-13)14-19-11(3)8-23-14/h4-8,10H,9H2,1-3H3. The fourth-order valence-electron chi connectivity index (χ4n) is 2.13. The molecule has 0 aliphatic rings. The van der Waals surface area contributed by atoms with E-state index in [0.717, 1.165) is 5.69 Å². The summed E-state index contributed by atoms with van der Waals surface area (Å²) in [7, 11) is -4.27. The van der Waals surface area contributed by atoms with Gasteiger partial charge in [0.15, 0.2) is 0 Å². The van der Waals surface area contributed by atoms with Crippen molar-refractivity contribution in [2.24, 2.45) is 0 Å². The van der Waals surface area contributed by atoms with E-state index in [4.69, 9.17) is 0 Å². The molecule has 24 heavy (non-hydrogen) atoms. The first-order valence-electron chi connectivity index (χ1n) is 7.12. The molecule has 0 fully saturated rings. The summed E-state index contributed by atoms with van der Waals surface area (Å²) in [5.74, 6) is 0. The molecule has 0 spiro atoms. The fourth-order valence-corrected chi connectivity index (χ4v) is 4.60. The van der Waals surface area contributed by atoms with Gasteiger partial charge in [0, 0.05) is 22.7 Å². The van der Waals surface area contributed by atoms with Crippen molar-refractivity contribution in [1.82, 2.24) is 9.29 Å². The highest BCUT2D eigenvalue weighted by molar-refractivity contribution is 7.89. The van der Waals surface area contributed by atoms with Gasteiger partial charge in [-0.25, -0.2) is 13.4 Å². The first-order valence-corrected chi connectivity index (χ1v) is 9.44. The molecule has 0 saturated heterocycles. The number of hydrogen-bond donors (Lipinski definition) is 0. The minimum Gasteiger partial charge on any atom is -0.241 e. The Kier molecular flexibility index (Phi) is 5.36. The molecule has 0 N–H and O–H groups in total. The van der Waals surface area contributed by atoms with Crippen molar-refractivity contribution < 1.29 is 21.6 Å². The number of benzene rings is 1. The maximum absolute atomic E-state index is 12.7. The Morgan fingerprint density at radius 1 is 1.29 bits per heavy atom. The van der Waals surface area contributed by atoms with Gasteiger partial charge in [-0.2, -0.15) is 17.5 Å². The van der Waals surface area contributed by atoms with E-state index >= 15 is 0 Å². The summed E-state index contributed by atoms with van der Waals surface area (Å²) in [6, 6.07) is 5.03. The van der Waals surface area contributed by atoms with E-state index in [1.165, 1.54) is 43.4 Å². The van der Waals surface area contributed by atoms with Gasteiger partial charge in [-0.3, -0.25) is 0 Å². The summed E-state index contributed by atoms with van der Waals surface area (Å²) in [4.78, 5) is 4.10. The number of rotatable bonds is 5. The van der Waals surface area contributed by atoms with Gasteiger partial charge in [-0.1, -0.05) is 12.1 Å². The zero-order valence-corrected chi connectivity index (χ0v) is 15.0. The van der Waals surface area contributed by atoms with Crippen LogP contribution in [0.15, 0.2) is 34.5 Å². The number of thiazole rings is 1. The van der Waals surface area contributed by atoms with Crippen molar-refractivity contribution in [3.63, 3.8) is 0 Å². The number of aromatic nitrogens is 1. The second-order valence-electron chi connectivity index (χ2n) is 5.58. The van der Waals surface area contributed by atoms with Gasteiger partial charge in [-0.15, -0.1) is 11.3 Å². The molecular formula is C15H17F3N2O2S2. The summed E-state index contributed by atoms with van der Waals surface area (Å²) in [6.07, 6.45) is -4.61. The Morgan fingerprint density at radius 2 is 1.96 bits per heavy atom. The monoisotopic (exact) mass is 378 g/mol.